The number of carbonyl (C=O) groups is 1. The topological polar surface area (TPSA) is 50.8 Å². The molecule has 2 aromatic rings. The summed E-state index contributed by atoms with van der Waals surface area (Å²) in [6, 6.07) is 10.9. The molecule has 1 fully saturated rings. The molecule has 1 aliphatic rings. The molecule has 0 saturated carbocycles. The van der Waals surface area contributed by atoms with Crippen molar-refractivity contribution in [2.24, 2.45) is 0 Å². The first-order valence-electron chi connectivity index (χ1n) is 8.16. The Labute approximate surface area is 152 Å². The van der Waals surface area contributed by atoms with Crippen LogP contribution in [0.3, 0.4) is 0 Å². The summed E-state index contributed by atoms with van der Waals surface area (Å²) in [5.41, 5.74) is 3.16. The summed E-state index contributed by atoms with van der Waals surface area (Å²) < 4.78 is 10.7. The number of rotatable bonds is 4. The Morgan fingerprint density at radius 3 is 2.68 bits per heavy atom. The molecule has 2 aromatic carbocycles. The number of benzene rings is 2. The number of aryl methyl sites for hydroxylation is 1. The molecule has 0 aliphatic carbocycles. The van der Waals surface area contributed by atoms with E-state index in [1.165, 1.54) is 0 Å². The minimum Gasteiger partial charge on any atom is -0.496 e. The number of hydrogen-bond acceptors (Lipinski definition) is 4. The van der Waals surface area contributed by atoms with E-state index in [0.717, 1.165) is 24.3 Å². The monoisotopic (exact) mass is 360 g/mol. The number of halogens is 1. The first-order valence-corrected chi connectivity index (χ1v) is 8.54. The number of hydrogen-bond donors (Lipinski definition) is 1. The van der Waals surface area contributed by atoms with Crippen molar-refractivity contribution < 1.29 is 14.3 Å². The maximum atomic E-state index is 12.7. The highest BCUT2D eigenvalue weighted by molar-refractivity contribution is 6.31. The molecule has 25 heavy (non-hydrogen) atoms. The van der Waals surface area contributed by atoms with Crippen molar-refractivity contribution in [3.8, 4) is 5.75 Å². The fourth-order valence-electron chi connectivity index (χ4n) is 2.84. The van der Waals surface area contributed by atoms with E-state index in [2.05, 4.69) is 10.2 Å². The van der Waals surface area contributed by atoms with Crippen molar-refractivity contribution in [3.05, 3.63) is 52.5 Å². The van der Waals surface area contributed by atoms with Crippen molar-refractivity contribution in [1.82, 2.24) is 0 Å². The molecule has 1 amide bonds. The Morgan fingerprint density at radius 1 is 1.20 bits per heavy atom. The van der Waals surface area contributed by atoms with Gasteiger partial charge in [0.05, 0.1) is 31.7 Å². The van der Waals surface area contributed by atoms with E-state index in [0.29, 0.717) is 35.2 Å². The van der Waals surface area contributed by atoms with Crippen LogP contribution in [0.15, 0.2) is 36.4 Å². The number of ether oxygens (including phenoxy) is 2. The van der Waals surface area contributed by atoms with Gasteiger partial charge in [-0.25, -0.2) is 0 Å². The largest absolute Gasteiger partial charge is 0.496 e. The van der Waals surface area contributed by atoms with E-state index in [-0.39, 0.29) is 5.91 Å². The second-order valence-corrected chi connectivity index (χ2v) is 6.34. The lowest BCUT2D eigenvalue weighted by atomic mass is 10.1. The first kappa shape index (κ1) is 17.6. The van der Waals surface area contributed by atoms with Crippen LogP contribution in [0, 0.1) is 6.92 Å². The van der Waals surface area contributed by atoms with Gasteiger partial charge in [-0.3, -0.25) is 4.79 Å². The van der Waals surface area contributed by atoms with Gasteiger partial charge in [-0.2, -0.15) is 0 Å². The number of methoxy groups -OCH3 is 1. The molecule has 0 aromatic heterocycles. The Kier molecular flexibility index (Phi) is 5.46. The van der Waals surface area contributed by atoms with Crippen LogP contribution in [0.4, 0.5) is 11.4 Å². The Bertz CT molecular complexity index is 773. The van der Waals surface area contributed by atoms with Crippen LogP contribution in [-0.2, 0) is 4.74 Å². The van der Waals surface area contributed by atoms with E-state index in [4.69, 9.17) is 21.1 Å². The summed E-state index contributed by atoms with van der Waals surface area (Å²) in [5.74, 6) is 0.488. The van der Waals surface area contributed by atoms with Crippen LogP contribution in [-0.4, -0.2) is 39.3 Å². The summed E-state index contributed by atoms with van der Waals surface area (Å²) in [6.07, 6.45) is 0. The molecule has 1 heterocycles. The molecule has 5 nitrogen and oxygen atoms in total. The molecule has 1 saturated heterocycles. The number of amides is 1. The quantitative estimate of drug-likeness (QED) is 0.902. The highest BCUT2D eigenvalue weighted by Crippen LogP contribution is 2.30. The summed E-state index contributed by atoms with van der Waals surface area (Å²) in [6.45, 7) is 4.84. The van der Waals surface area contributed by atoms with Gasteiger partial charge in [0.25, 0.3) is 5.91 Å². The fraction of sp³-hybridized carbons (Fsp3) is 0.316. The average molecular weight is 361 g/mol. The molecule has 3 rings (SSSR count). The zero-order valence-electron chi connectivity index (χ0n) is 14.3. The van der Waals surface area contributed by atoms with E-state index in [9.17, 15) is 4.79 Å². The summed E-state index contributed by atoms with van der Waals surface area (Å²) >= 11 is 6.14. The zero-order chi connectivity index (χ0) is 17.8. The Hall–Kier alpha value is -2.24. The van der Waals surface area contributed by atoms with E-state index in [1.807, 2.05) is 25.1 Å². The van der Waals surface area contributed by atoms with Gasteiger partial charge in [-0.05, 0) is 42.8 Å². The number of nitrogens with zero attached hydrogens (tertiary/aromatic N) is 1. The molecule has 0 bridgehead atoms. The third-order valence-corrected chi connectivity index (χ3v) is 4.46. The van der Waals surface area contributed by atoms with Crippen LogP contribution in [0.2, 0.25) is 5.02 Å². The average Bonchev–Trinajstić information content (AvgIpc) is 2.63. The van der Waals surface area contributed by atoms with Gasteiger partial charge in [0.2, 0.25) is 0 Å². The number of morpholine rings is 1. The zero-order valence-corrected chi connectivity index (χ0v) is 15.1. The van der Waals surface area contributed by atoms with Crippen molar-refractivity contribution >= 4 is 28.9 Å². The molecule has 132 valence electrons. The Morgan fingerprint density at radius 2 is 1.96 bits per heavy atom. The van der Waals surface area contributed by atoms with E-state index in [1.54, 1.807) is 25.3 Å². The predicted molar refractivity (Wildman–Crippen MR) is 100 cm³/mol. The van der Waals surface area contributed by atoms with E-state index >= 15 is 0 Å². The molecular formula is C19H21ClN2O3. The van der Waals surface area contributed by atoms with Gasteiger partial charge in [0, 0.05) is 23.7 Å². The second kappa shape index (κ2) is 7.76. The maximum absolute atomic E-state index is 12.7. The van der Waals surface area contributed by atoms with Crippen LogP contribution < -0.4 is 15.0 Å². The highest BCUT2D eigenvalue weighted by Gasteiger charge is 2.17. The molecule has 0 unspecified atom stereocenters. The standard InChI is InChI=1S/C19H21ClN2O3/c1-13-3-4-14(11-18(13)24-2)19(23)21-16-12-15(20)5-6-17(16)22-7-9-25-10-8-22/h3-6,11-12H,7-10H2,1-2H3,(H,21,23). The van der Waals surface area contributed by atoms with Gasteiger partial charge in [0.15, 0.2) is 0 Å². The lowest BCUT2D eigenvalue weighted by Gasteiger charge is -2.30. The highest BCUT2D eigenvalue weighted by atomic mass is 35.5. The van der Waals surface area contributed by atoms with Crippen molar-refractivity contribution in [3.63, 3.8) is 0 Å². The van der Waals surface area contributed by atoms with Gasteiger partial charge in [-0.1, -0.05) is 17.7 Å². The van der Waals surface area contributed by atoms with Crippen LogP contribution in [0.1, 0.15) is 15.9 Å². The molecule has 0 radical (unpaired) electrons. The molecular weight excluding hydrogens is 340 g/mol. The summed E-state index contributed by atoms with van der Waals surface area (Å²) in [4.78, 5) is 14.9. The van der Waals surface area contributed by atoms with Crippen molar-refractivity contribution in [1.29, 1.82) is 0 Å². The summed E-state index contributed by atoms with van der Waals surface area (Å²) in [5, 5.41) is 3.55. The third-order valence-electron chi connectivity index (χ3n) is 4.23. The normalized spacial score (nSPS) is 14.3. The predicted octanol–water partition coefficient (Wildman–Crippen LogP) is 3.75. The first-order chi connectivity index (χ1) is 12.1. The van der Waals surface area contributed by atoms with E-state index < -0.39 is 0 Å². The SMILES string of the molecule is COc1cc(C(=O)Nc2cc(Cl)ccc2N2CCOCC2)ccc1C. The molecule has 0 spiro atoms. The van der Waals surface area contributed by atoms with Gasteiger partial charge in [-0.15, -0.1) is 0 Å². The van der Waals surface area contributed by atoms with Crippen LogP contribution in [0.25, 0.3) is 0 Å². The third kappa shape index (κ3) is 4.06. The number of nitrogens with one attached hydrogen (secondary N) is 1. The van der Waals surface area contributed by atoms with Crippen molar-refractivity contribution in [2.45, 2.75) is 6.92 Å². The lowest BCUT2D eigenvalue weighted by Crippen LogP contribution is -2.36. The van der Waals surface area contributed by atoms with Gasteiger partial charge in [0.1, 0.15) is 5.75 Å². The summed E-state index contributed by atoms with van der Waals surface area (Å²) in [7, 11) is 1.59. The smallest absolute Gasteiger partial charge is 0.255 e. The molecule has 1 N–H and O–H groups in total. The number of anilines is 2. The number of carbonyl (C=O) groups excluding carboxylic acids is 1. The molecule has 1 aliphatic heterocycles. The molecule has 6 heteroatoms. The fourth-order valence-corrected chi connectivity index (χ4v) is 3.02. The minimum absolute atomic E-state index is 0.199. The van der Waals surface area contributed by atoms with Gasteiger partial charge < -0.3 is 19.7 Å². The van der Waals surface area contributed by atoms with Crippen LogP contribution >= 0.6 is 11.6 Å². The maximum Gasteiger partial charge on any atom is 0.255 e. The van der Waals surface area contributed by atoms with Crippen LogP contribution in [0.5, 0.6) is 5.75 Å². The Balaban J connectivity index is 1.86. The lowest BCUT2D eigenvalue weighted by molar-refractivity contribution is 0.102. The van der Waals surface area contributed by atoms with Crippen molar-refractivity contribution in [2.75, 3.05) is 43.6 Å². The van der Waals surface area contributed by atoms with Gasteiger partial charge >= 0.3 is 0 Å². The second-order valence-electron chi connectivity index (χ2n) is 5.90. The molecule has 0 atom stereocenters. The minimum atomic E-state index is -0.199.